The molecular weight excluding hydrogens is 376 g/mol. The summed E-state index contributed by atoms with van der Waals surface area (Å²) in [5, 5.41) is 0. The molecule has 150 valence electrons. The van der Waals surface area contributed by atoms with Crippen LogP contribution in [0.2, 0.25) is 0 Å². The smallest absolute Gasteiger partial charge is 0.243 e. The molecule has 0 radical (unpaired) electrons. The van der Waals surface area contributed by atoms with E-state index in [9.17, 15) is 8.42 Å². The molecule has 1 saturated heterocycles. The summed E-state index contributed by atoms with van der Waals surface area (Å²) < 4.78 is 38.9. The molecule has 1 atom stereocenters. The van der Waals surface area contributed by atoms with Gasteiger partial charge in [0.25, 0.3) is 0 Å². The largest absolute Gasteiger partial charge is 0.486 e. The SMILES string of the molecule is CC1CN(S(=O)(=O)c2ccc3c(c2)OCCO3)CCN1CCc1ccccc1. The molecule has 6 nitrogen and oxygen atoms in total. The number of ether oxygens (including phenoxy) is 2. The Bertz CT molecular complexity index is 917. The fourth-order valence-electron chi connectivity index (χ4n) is 3.76. The minimum atomic E-state index is -3.55. The van der Waals surface area contributed by atoms with E-state index in [0.717, 1.165) is 19.5 Å². The molecule has 2 heterocycles. The van der Waals surface area contributed by atoms with Crippen LogP contribution < -0.4 is 9.47 Å². The van der Waals surface area contributed by atoms with E-state index < -0.39 is 10.0 Å². The molecule has 0 aromatic heterocycles. The Morgan fingerprint density at radius 1 is 1.00 bits per heavy atom. The van der Waals surface area contributed by atoms with Gasteiger partial charge in [0.05, 0.1) is 4.90 Å². The van der Waals surface area contributed by atoms with E-state index in [4.69, 9.17) is 9.47 Å². The van der Waals surface area contributed by atoms with Gasteiger partial charge in [0.1, 0.15) is 13.2 Å². The minimum absolute atomic E-state index is 0.171. The van der Waals surface area contributed by atoms with Gasteiger partial charge in [-0.3, -0.25) is 4.90 Å². The van der Waals surface area contributed by atoms with Crippen LogP contribution in [0, 0.1) is 0 Å². The Morgan fingerprint density at radius 3 is 2.50 bits per heavy atom. The third kappa shape index (κ3) is 4.01. The van der Waals surface area contributed by atoms with Crippen LogP contribution >= 0.6 is 0 Å². The summed E-state index contributed by atoms with van der Waals surface area (Å²) in [6, 6.07) is 15.4. The van der Waals surface area contributed by atoms with Gasteiger partial charge in [-0.2, -0.15) is 4.31 Å². The zero-order valence-electron chi connectivity index (χ0n) is 16.1. The van der Waals surface area contributed by atoms with Gasteiger partial charge in [0.15, 0.2) is 11.5 Å². The van der Waals surface area contributed by atoms with Crippen LogP contribution in [0.15, 0.2) is 53.4 Å². The summed E-state index contributed by atoms with van der Waals surface area (Å²) in [6.07, 6.45) is 0.972. The van der Waals surface area contributed by atoms with E-state index in [1.54, 1.807) is 22.5 Å². The highest BCUT2D eigenvalue weighted by molar-refractivity contribution is 7.89. The average Bonchev–Trinajstić information content (AvgIpc) is 2.73. The van der Waals surface area contributed by atoms with Crippen molar-refractivity contribution in [3.05, 3.63) is 54.1 Å². The predicted octanol–water partition coefficient (Wildman–Crippen LogP) is 2.40. The molecule has 0 N–H and O–H groups in total. The predicted molar refractivity (Wildman–Crippen MR) is 107 cm³/mol. The molecule has 7 heteroatoms. The van der Waals surface area contributed by atoms with Gasteiger partial charge in [-0.15, -0.1) is 0 Å². The maximum atomic E-state index is 13.1. The number of sulfonamides is 1. The van der Waals surface area contributed by atoms with Crippen LogP contribution in [0.3, 0.4) is 0 Å². The zero-order valence-corrected chi connectivity index (χ0v) is 16.9. The first-order chi connectivity index (χ1) is 13.5. The van der Waals surface area contributed by atoms with Crippen molar-refractivity contribution in [1.29, 1.82) is 0 Å². The summed E-state index contributed by atoms with van der Waals surface area (Å²) in [5.41, 5.74) is 1.31. The van der Waals surface area contributed by atoms with Crippen LogP contribution in [0.4, 0.5) is 0 Å². The second-order valence-electron chi connectivity index (χ2n) is 7.29. The third-order valence-corrected chi connectivity index (χ3v) is 7.27. The number of piperazine rings is 1. The summed E-state index contributed by atoms with van der Waals surface area (Å²) in [6.45, 7) is 5.67. The first kappa shape index (κ1) is 19.2. The van der Waals surface area contributed by atoms with Crippen LogP contribution in [0.5, 0.6) is 11.5 Å². The maximum Gasteiger partial charge on any atom is 0.243 e. The number of hydrogen-bond acceptors (Lipinski definition) is 5. The molecule has 0 aliphatic carbocycles. The van der Waals surface area contributed by atoms with Gasteiger partial charge in [-0.1, -0.05) is 30.3 Å². The number of hydrogen-bond donors (Lipinski definition) is 0. The van der Waals surface area contributed by atoms with Crippen molar-refractivity contribution in [3.8, 4) is 11.5 Å². The number of fused-ring (bicyclic) bond motifs is 1. The zero-order chi connectivity index (χ0) is 19.6. The van der Waals surface area contributed by atoms with Gasteiger partial charge in [0, 0.05) is 38.3 Å². The fourth-order valence-corrected chi connectivity index (χ4v) is 5.29. The Balaban J connectivity index is 1.41. The molecule has 28 heavy (non-hydrogen) atoms. The minimum Gasteiger partial charge on any atom is -0.486 e. The van der Waals surface area contributed by atoms with E-state index in [0.29, 0.717) is 37.8 Å². The summed E-state index contributed by atoms with van der Waals surface area (Å²) in [7, 11) is -3.55. The molecule has 0 amide bonds. The normalized spacial score (nSPS) is 20.8. The summed E-state index contributed by atoms with van der Waals surface area (Å²) >= 11 is 0. The highest BCUT2D eigenvalue weighted by Crippen LogP contribution is 2.33. The number of benzene rings is 2. The maximum absolute atomic E-state index is 13.1. The lowest BCUT2D eigenvalue weighted by Gasteiger charge is -2.39. The Labute approximate surface area is 166 Å². The second kappa shape index (κ2) is 8.11. The van der Waals surface area contributed by atoms with Crippen molar-refractivity contribution in [1.82, 2.24) is 9.21 Å². The molecule has 0 spiro atoms. The molecule has 2 aromatic rings. The molecule has 2 aromatic carbocycles. The molecule has 0 bridgehead atoms. The standard InChI is InChI=1S/C21H26N2O4S/c1-17-16-23(12-11-22(17)10-9-18-5-3-2-4-6-18)28(24,25)19-7-8-20-21(15-19)27-14-13-26-20/h2-8,15,17H,9-14,16H2,1H3. The highest BCUT2D eigenvalue weighted by atomic mass is 32.2. The third-order valence-electron chi connectivity index (χ3n) is 5.41. The van der Waals surface area contributed by atoms with Crippen molar-refractivity contribution >= 4 is 10.0 Å². The van der Waals surface area contributed by atoms with Crippen molar-refractivity contribution < 1.29 is 17.9 Å². The fraction of sp³-hybridized carbons (Fsp3) is 0.429. The van der Waals surface area contributed by atoms with Gasteiger partial charge in [-0.05, 0) is 31.0 Å². The van der Waals surface area contributed by atoms with Crippen molar-refractivity contribution in [2.75, 3.05) is 39.4 Å². The first-order valence-electron chi connectivity index (χ1n) is 9.72. The van der Waals surface area contributed by atoms with E-state index in [-0.39, 0.29) is 10.9 Å². The first-order valence-corrected chi connectivity index (χ1v) is 11.2. The molecule has 0 saturated carbocycles. The molecule has 1 unspecified atom stereocenters. The van der Waals surface area contributed by atoms with Gasteiger partial charge in [0.2, 0.25) is 10.0 Å². The molecular formula is C21H26N2O4S. The summed E-state index contributed by atoms with van der Waals surface area (Å²) in [4.78, 5) is 2.63. The van der Waals surface area contributed by atoms with E-state index in [1.165, 1.54) is 5.56 Å². The Kier molecular flexibility index (Phi) is 5.57. The van der Waals surface area contributed by atoms with Crippen LogP contribution in [-0.4, -0.2) is 63.1 Å². The lowest BCUT2D eigenvalue weighted by atomic mass is 10.1. The van der Waals surface area contributed by atoms with Crippen molar-refractivity contribution in [3.63, 3.8) is 0 Å². The number of nitrogens with zero attached hydrogens (tertiary/aromatic N) is 2. The van der Waals surface area contributed by atoms with E-state index in [2.05, 4.69) is 36.1 Å². The number of rotatable bonds is 5. The monoisotopic (exact) mass is 402 g/mol. The van der Waals surface area contributed by atoms with E-state index >= 15 is 0 Å². The molecule has 4 rings (SSSR count). The molecule has 2 aliphatic heterocycles. The van der Waals surface area contributed by atoms with E-state index in [1.807, 2.05) is 6.07 Å². The molecule has 2 aliphatic rings. The Hall–Kier alpha value is -2.09. The van der Waals surface area contributed by atoms with Crippen LogP contribution in [0.1, 0.15) is 12.5 Å². The van der Waals surface area contributed by atoms with Gasteiger partial charge >= 0.3 is 0 Å². The second-order valence-corrected chi connectivity index (χ2v) is 9.23. The quantitative estimate of drug-likeness (QED) is 0.769. The van der Waals surface area contributed by atoms with Crippen molar-refractivity contribution in [2.45, 2.75) is 24.3 Å². The van der Waals surface area contributed by atoms with Crippen molar-refractivity contribution in [2.24, 2.45) is 0 Å². The molecule has 1 fully saturated rings. The van der Waals surface area contributed by atoms with Crippen LogP contribution in [-0.2, 0) is 16.4 Å². The Morgan fingerprint density at radius 2 is 1.75 bits per heavy atom. The topological polar surface area (TPSA) is 59.1 Å². The lowest BCUT2D eigenvalue weighted by Crippen LogP contribution is -2.53. The average molecular weight is 403 g/mol. The van der Waals surface area contributed by atoms with Gasteiger partial charge < -0.3 is 9.47 Å². The summed E-state index contributed by atoms with van der Waals surface area (Å²) in [5.74, 6) is 1.10. The van der Waals surface area contributed by atoms with Gasteiger partial charge in [-0.25, -0.2) is 8.42 Å². The lowest BCUT2D eigenvalue weighted by molar-refractivity contribution is 0.130. The van der Waals surface area contributed by atoms with Crippen LogP contribution in [0.25, 0.3) is 0 Å². The highest BCUT2D eigenvalue weighted by Gasteiger charge is 2.32.